The van der Waals surface area contributed by atoms with Gasteiger partial charge in [0.25, 0.3) is 0 Å². The number of carboxylic acid groups (broad SMARTS) is 1. The molecule has 1 aliphatic rings. The Morgan fingerprint density at radius 2 is 1.80 bits per heavy atom. The number of hydrazone groups is 2. The van der Waals surface area contributed by atoms with Crippen molar-refractivity contribution in [1.82, 2.24) is 0 Å². The number of hydrogen-bond acceptors (Lipinski definition) is 7. The Bertz CT molecular complexity index is 1360. The normalized spacial score (nSPS) is 14.3. The molecule has 1 aliphatic heterocycles. The van der Waals surface area contributed by atoms with Crippen LogP contribution >= 0.6 is 0 Å². The summed E-state index contributed by atoms with van der Waals surface area (Å²) >= 11 is 0. The molecular weight excluding hydrogens is 448 g/mol. The van der Waals surface area contributed by atoms with Gasteiger partial charge in [-0.3, -0.25) is 10.2 Å². The van der Waals surface area contributed by atoms with Crippen molar-refractivity contribution in [1.29, 1.82) is 0 Å². The highest BCUT2D eigenvalue weighted by molar-refractivity contribution is 6.71. The van der Waals surface area contributed by atoms with E-state index in [1.165, 1.54) is 5.01 Å². The molecule has 3 aromatic carbocycles. The molecule has 1 heterocycles. The minimum atomic E-state index is -1.06. The molecule has 0 aliphatic carbocycles. The summed E-state index contributed by atoms with van der Waals surface area (Å²) in [7, 11) is 0. The van der Waals surface area contributed by atoms with Gasteiger partial charge in [-0.1, -0.05) is 30.3 Å². The standard InChI is InChI=1S/C26H24N4O5/c1-15-7-10-19(13-16(15)2)30-26(34)24(17(3)29-30)28-27-22-6-4-5-21(25(22)33)18-8-11-20(12-9-18)35-14-23(31)32/h4-13,27,33H,14H2,1-3H3,(H,31,32). The number of anilines is 2. The smallest absolute Gasteiger partial charge is 0.341 e. The molecule has 0 atom stereocenters. The predicted octanol–water partition coefficient (Wildman–Crippen LogP) is 4.33. The van der Waals surface area contributed by atoms with E-state index in [4.69, 9.17) is 9.84 Å². The topological polar surface area (TPSA) is 124 Å². The molecule has 9 nitrogen and oxygen atoms in total. The number of carboxylic acids is 1. The SMILES string of the molecule is CC1=NN(c2ccc(C)c(C)c2)C(=O)C1=NNc1cccc(-c2ccc(OCC(=O)O)cc2)c1O. The number of amides is 1. The van der Waals surface area contributed by atoms with Gasteiger partial charge in [-0.05, 0) is 67.8 Å². The number of phenolic OH excluding ortho intramolecular Hbond substituents is 1. The van der Waals surface area contributed by atoms with Crippen molar-refractivity contribution in [3.8, 4) is 22.6 Å². The fourth-order valence-electron chi connectivity index (χ4n) is 3.52. The number of hydrogen-bond donors (Lipinski definition) is 3. The molecule has 0 saturated carbocycles. The number of carbonyl (C=O) groups is 2. The van der Waals surface area contributed by atoms with Gasteiger partial charge in [0.1, 0.15) is 11.5 Å². The summed E-state index contributed by atoms with van der Waals surface area (Å²) in [5, 5.41) is 29.4. The lowest BCUT2D eigenvalue weighted by atomic mass is 10.0. The van der Waals surface area contributed by atoms with E-state index < -0.39 is 12.6 Å². The van der Waals surface area contributed by atoms with E-state index in [1.54, 1.807) is 49.4 Å². The van der Waals surface area contributed by atoms with Crippen molar-refractivity contribution in [3.05, 3.63) is 71.8 Å². The van der Waals surface area contributed by atoms with Crippen molar-refractivity contribution >= 4 is 34.7 Å². The number of aryl methyl sites for hydroxylation is 2. The Kier molecular flexibility index (Phi) is 6.50. The number of aromatic hydroxyl groups is 1. The second-order valence-electron chi connectivity index (χ2n) is 8.05. The van der Waals surface area contributed by atoms with Crippen LogP contribution in [0.4, 0.5) is 11.4 Å². The number of ether oxygens (including phenoxy) is 1. The Hall–Kier alpha value is -4.66. The number of rotatable bonds is 7. The highest BCUT2D eigenvalue weighted by Crippen LogP contribution is 2.36. The fraction of sp³-hybridized carbons (Fsp3) is 0.154. The maximum absolute atomic E-state index is 13.0. The molecule has 0 fully saturated rings. The molecule has 0 spiro atoms. The highest BCUT2D eigenvalue weighted by Gasteiger charge is 2.31. The molecule has 0 unspecified atom stereocenters. The largest absolute Gasteiger partial charge is 0.505 e. The number of carbonyl (C=O) groups excluding carboxylic acids is 1. The maximum atomic E-state index is 13.0. The lowest BCUT2D eigenvalue weighted by molar-refractivity contribution is -0.139. The van der Waals surface area contributed by atoms with E-state index in [9.17, 15) is 14.7 Å². The van der Waals surface area contributed by atoms with Crippen LogP contribution in [-0.2, 0) is 9.59 Å². The van der Waals surface area contributed by atoms with E-state index in [0.29, 0.717) is 34.0 Å². The average molecular weight is 473 g/mol. The Morgan fingerprint density at radius 3 is 2.49 bits per heavy atom. The highest BCUT2D eigenvalue weighted by atomic mass is 16.5. The lowest BCUT2D eigenvalue weighted by Gasteiger charge is -2.13. The molecule has 178 valence electrons. The van der Waals surface area contributed by atoms with E-state index in [0.717, 1.165) is 11.1 Å². The van der Waals surface area contributed by atoms with Gasteiger partial charge >= 0.3 is 11.9 Å². The lowest BCUT2D eigenvalue weighted by Crippen LogP contribution is -2.28. The van der Waals surface area contributed by atoms with Gasteiger partial charge in [-0.25, -0.2) is 4.79 Å². The molecule has 1 amide bonds. The zero-order valence-electron chi connectivity index (χ0n) is 19.4. The summed E-state index contributed by atoms with van der Waals surface area (Å²) in [6.45, 7) is 5.23. The molecule has 0 bridgehead atoms. The van der Waals surface area contributed by atoms with Gasteiger partial charge in [0.2, 0.25) is 0 Å². The molecule has 4 rings (SSSR count). The zero-order valence-corrected chi connectivity index (χ0v) is 19.4. The first-order valence-corrected chi connectivity index (χ1v) is 10.8. The molecule has 0 radical (unpaired) electrons. The summed E-state index contributed by atoms with van der Waals surface area (Å²) in [5.74, 6) is -1.09. The van der Waals surface area contributed by atoms with Crippen LogP contribution in [0.3, 0.4) is 0 Å². The van der Waals surface area contributed by atoms with Crippen LogP contribution in [0.1, 0.15) is 18.1 Å². The summed E-state index contributed by atoms with van der Waals surface area (Å²) in [6.07, 6.45) is 0. The molecule has 0 saturated heterocycles. The fourth-order valence-corrected chi connectivity index (χ4v) is 3.52. The minimum absolute atomic E-state index is 0.0536. The van der Waals surface area contributed by atoms with Gasteiger partial charge < -0.3 is 14.9 Å². The van der Waals surface area contributed by atoms with Gasteiger partial charge in [-0.15, -0.1) is 0 Å². The van der Waals surface area contributed by atoms with Crippen molar-refractivity contribution in [3.63, 3.8) is 0 Å². The minimum Gasteiger partial charge on any atom is -0.505 e. The number of aliphatic carboxylic acids is 1. The Labute approximate surface area is 202 Å². The second-order valence-corrected chi connectivity index (χ2v) is 8.05. The summed E-state index contributed by atoms with van der Waals surface area (Å²) in [6, 6.07) is 17.4. The third-order valence-electron chi connectivity index (χ3n) is 5.57. The third kappa shape index (κ3) is 4.98. The number of para-hydroxylation sites is 1. The molecule has 3 aromatic rings. The number of benzene rings is 3. The van der Waals surface area contributed by atoms with Crippen LogP contribution in [0.5, 0.6) is 11.5 Å². The first-order valence-electron chi connectivity index (χ1n) is 10.8. The quantitative estimate of drug-likeness (QED) is 0.347. The van der Waals surface area contributed by atoms with Crippen molar-refractivity contribution in [2.75, 3.05) is 17.0 Å². The van der Waals surface area contributed by atoms with Gasteiger partial charge in [0, 0.05) is 5.56 Å². The molecule has 3 N–H and O–H groups in total. The molecular formula is C26H24N4O5. The molecule has 35 heavy (non-hydrogen) atoms. The number of nitrogens with zero attached hydrogens (tertiary/aromatic N) is 3. The monoisotopic (exact) mass is 472 g/mol. The second kappa shape index (κ2) is 9.68. The third-order valence-corrected chi connectivity index (χ3v) is 5.57. The van der Waals surface area contributed by atoms with Crippen molar-refractivity contribution in [2.24, 2.45) is 10.2 Å². The van der Waals surface area contributed by atoms with Crippen LogP contribution in [0.15, 0.2) is 70.9 Å². The van der Waals surface area contributed by atoms with Crippen LogP contribution in [-0.4, -0.2) is 40.1 Å². The maximum Gasteiger partial charge on any atom is 0.341 e. The van der Waals surface area contributed by atoms with E-state index >= 15 is 0 Å². The van der Waals surface area contributed by atoms with Crippen molar-refractivity contribution in [2.45, 2.75) is 20.8 Å². The summed E-state index contributed by atoms with van der Waals surface area (Å²) in [4.78, 5) is 23.6. The average Bonchev–Trinajstić information content (AvgIpc) is 3.12. The summed E-state index contributed by atoms with van der Waals surface area (Å²) < 4.78 is 5.14. The van der Waals surface area contributed by atoms with Crippen LogP contribution in [0.2, 0.25) is 0 Å². The Balaban J connectivity index is 1.53. The van der Waals surface area contributed by atoms with Crippen LogP contribution in [0.25, 0.3) is 11.1 Å². The first kappa shape index (κ1) is 23.5. The van der Waals surface area contributed by atoms with Crippen molar-refractivity contribution < 1.29 is 24.5 Å². The van der Waals surface area contributed by atoms with Gasteiger partial charge in [0.05, 0.1) is 17.1 Å². The molecule has 0 aromatic heterocycles. The molecule has 9 heteroatoms. The van der Waals surface area contributed by atoms with Gasteiger partial charge in [-0.2, -0.15) is 15.2 Å². The van der Waals surface area contributed by atoms with E-state index in [2.05, 4.69) is 15.6 Å². The number of phenols is 1. The summed E-state index contributed by atoms with van der Waals surface area (Å²) in [5.41, 5.74) is 7.74. The zero-order chi connectivity index (χ0) is 25.1. The number of nitrogens with one attached hydrogen (secondary N) is 1. The van der Waals surface area contributed by atoms with Gasteiger partial charge in [0.15, 0.2) is 12.3 Å². The Morgan fingerprint density at radius 1 is 1.06 bits per heavy atom. The van der Waals surface area contributed by atoms with Crippen LogP contribution < -0.4 is 15.2 Å². The van der Waals surface area contributed by atoms with E-state index in [-0.39, 0.29) is 17.4 Å². The predicted molar refractivity (Wildman–Crippen MR) is 134 cm³/mol. The van der Waals surface area contributed by atoms with Crippen LogP contribution in [0, 0.1) is 13.8 Å². The first-order chi connectivity index (χ1) is 16.7. The van der Waals surface area contributed by atoms with E-state index in [1.807, 2.05) is 32.0 Å².